The Bertz CT molecular complexity index is 1160. The van der Waals surface area contributed by atoms with Gasteiger partial charge in [0.25, 0.3) is 0 Å². The fourth-order valence-corrected chi connectivity index (χ4v) is 5.00. The van der Waals surface area contributed by atoms with E-state index in [4.69, 9.17) is 9.47 Å². The van der Waals surface area contributed by atoms with Crippen LogP contribution >= 0.6 is 0 Å². The molecule has 2 unspecified atom stereocenters. The second-order valence-electron chi connectivity index (χ2n) is 9.24. The number of hydrogen-bond donors (Lipinski definition) is 1. The van der Waals surface area contributed by atoms with E-state index in [1.165, 1.54) is 12.1 Å². The number of ether oxygens (including phenoxy) is 2. The van der Waals surface area contributed by atoms with Gasteiger partial charge in [-0.05, 0) is 36.2 Å². The number of Topliss-reactive ketones (excluding diaryl/α,β-unsaturated/α-hetero) is 1. The van der Waals surface area contributed by atoms with Crippen molar-refractivity contribution in [1.82, 2.24) is 19.9 Å². The molecule has 5 rings (SSSR count). The summed E-state index contributed by atoms with van der Waals surface area (Å²) in [6, 6.07) is 7.98. The number of alkyl halides is 3. The number of halogens is 3. The Hall–Kier alpha value is -2.82. The van der Waals surface area contributed by atoms with Gasteiger partial charge in [0.1, 0.15) is 17.1 Å². The molecule has 3 atom stereocenters. The second kappa shape index (κ2) is 10.0. The lowest BCUT2D eigenvalue weighted by atomic mass is 9.97. The number of imidazole rings is 1. The van der Waals surface area contributed by atoms with Gasteiger partial charge in [-0.25, -0.2) is 4.98 Å². The number of para-hydroxylation sites is 1. The summed E-state index contributed by atoms with van der Waals surface area (Å²) in [6.45, 7) is 3.28. The summed E-state index contributed by atoms with van der Waals surface area (Å²) in [5.41, 5.74) is 0.319. The zero-order valence-corrected chi connectivity index (χ0v) is 19.1. The topological polar surface area (TPSA) is 80.3 Å². The molecule has 0 amide bonds. The number of likely N-dealkylation sites (tertiary alicyclic amines) is 1. The Morgan fingerprint density at radius 3 is 2.77 bits per heavy atom. The number of fused-ring (bicyclic) bond motifs is 1. The summed E-state index contributed by atoms with van der Waals surface area (Å²) in [7, 11) is 0. The summed E-state index contributed by atoms with van der Waals surface area (Å²) in [4.78, 5) is 26.3. The molecular weight excluding hydrogens is 461 g/mol. The number of pyridine rings is 1. The van der Waals surface area contributed by atoms with Crippen LogP contribution in [0.5, 0.6) is 0 Å². The molecular formula is C25H27F3N4O3. The SMILES string of the molecule is O=C(Cc1nc2c(C(F)(F)F)cccc2[nH]1)CC1CN(C2CCOC2)C[C@@H]1OCc1ccncc1. The number of nitrogens with zero attached hydrogens (tertiary/aromatic N) is 3. The van der Waals surface area contributed by atoms with E-state index in [2.05, 4.69) is 19.9 Å². The van der Waals surface area contributed by atoms with E-state index in [0.717, 1.165) is 37.7 Å². The first-order valence-corrected chi connectivity index (χ1v) is 11.8. The van der Waals surface area contributed by atoms with Crippen molar-refractivity contribution in [2.75, 3.05) is 26.3 Å². The summed E-state index contributed by atoms with van der Waals surface area (Å²) >= 11 is 0. The molecule has 1 aromatic carbocycles. The van der Waals surface area contributed by atoms with E-state index in [0.29, 0.717) is 19.3 Å². The third kappa shape index (κ3) is 5.55. The normalized spacial score (nSPS) is 23.3. The molecule has 7 nitrogen and oxygen atoms in total. The molecule has 1 N–H and O–H groups in total. The average Bonchev–Trinajstić information content (AvgIpc) is 3.57. The monoisotopic (exact) mass is 488 g/mol. The number of rotatable bonds is 8. The number of carbonyl (C=O) groups is 1. The Morgan fingerprint density at radius 2 is 2.03 bits per heavy atom. The molecule has 0 bridgehead atoms. The zero-order chi connectivity index (χ0) is 24.4. The Kier molecular flexibility index (Phi) is 6.86. The van der Waals surface area contributed by atoms with E-state index in [-0.39, 0.29) is 47.5 Å². The molecule has 0 radical (unpaired) electrons. The van der Waals surface area contributed by atoms with Crippen molar-refractivity contribution in [2.45, 2.75) is 44.2 Å². The highest BCUT2D eigenvalue weighted by Gasteiger charge is 2.39. The van der Waals surface area contributed by atoms with E-state index in [1.807, 2.05) is 12.1 Å². The van der Waals surface area contributed by atoms with Crippen molar-refractivity contribution < 1.29 is 27.4 Å². The van der Waals surface area contributed by atoms with Crippen LogP contribution in [-0.2, 0) is 33.5 Å². The minimum absolute atomic E-state index is 0.0138. The van der Waals surface area contributed by atoms with Gasteiger partial charge in [0.05, 0.1) is 36.8 Å². The maximum absolute atomic E-state index is 13.3. The smallest absolute Gasteiger partial charge is 0.380 e. The highest BCUT2D eigenvalue weighted by atomic mass is 19.4. The molecule has 10 heteroatoms. The molecule has 0 saturated carbocycles. The number of aromatic amines is 1. The van der Waals surface area contributed by atoms with Crippen LogP contribution in [0.1, 0.15) is 29.8 Å². The van der Waals surface area contributed by atoms with E-state index in [9.17, 15) is 18.0 Å². The molecule has 2 fully saturated rings. The van der Waals surface area contributed by atoms with Crippen LogP contribution < -0.4 is 0 Å². The predicted molar refractivity (Wildman–Crippen MR) is 122 cm³/mol. The van der Waals surface area contributed by atoms with Gasteiger partial charge in [-0.15, -0.1) is 0 Å². The van der Waals surface area contributed by atoms with Crippen LogP contribution in [0.3, 0.4) is 0 Å². The van der Waals surface area contributed by atoms with Crippen LogP contribution in [0.15, 0.2) is 42.7 Å². The van der Waals surface area contributed by atoms with Gasteiger partial charge in [-0.1, -0.05) is 6.07 Å². The first-order valence-electron chi connectivity index (χ1n) is 11.8. The third-order valence-electron chi connectivity index (χ3n) is 6.77. The number of aromatic nitrogens is 3. The third-order valence-corrected chi connectivity index (χ3v) is 6.77. The first kappa shape index (κ1) is 23.9. The van der Waals surface area contributed by atoms with E-state index < -0.39 is 11.7 Å². The highest BCUT2D eigenvalue weighted by Crippen LogP contribution is 2.34. The van der Waals surface area contributed by atoms with Gasteiger partial charge in [0.2, 0.25) is 0 Å². The van der Waals surface area contributed by atoms with E-state index in [1.54, 1.807) is 12.4 Å². The second-order valence-corrected chi connectivity index (χ2v) is 9.24. The largest absolute Gasteiger partial charge is 0.418 e. The number of carbonyl (C=O) groups excluding carboxylic acids is 1. The number of ketones is 1. The standard InChI is InChI=1S/C25H27F3N4O3/c26-25(27,28)20-2-1-3-21-24(20)31-23(30-21)11-19(33)10-17-12-32(18-6-9-34-15-18)13-22(17)35-14-16-4-7-29-8-5-16/h1-5,7-8,17-18,22H,6,9-15H2,(H,30,31)/t17?,18?,22-/m0/s1. The molecule has 0 aliphatic carbocycles. The van der Waals surface area contributed by atoms with Crippen LogP contribution in [0, 0.1) is 5.92 Å². The van der Waals surface area contributed by atoms with Crippen LogP contribution in [0.4, 0.5) is 13.2 Å². The molecule has 0 spiro atoms. The molecule has 35 heavy (non-hydrogen) atoms. The number of hydrogen-bond acceptors (Lipinski definition) is 6. The quantitative estimate of drug-likeness (QED) is 0.520. The van der Waals surface area contributed by atoms with Crippen molar-refractivity contribution >= 4 is 16.8 Å². The van der Waals surface area contributed by atoms with Crippen molar-refractivity contribution in [3.8, 4) is 0 Å². The van der Waals surface area contributed by atoms with Crippen LogP contribution in [-0.4, -0.2) is 64.1 Å². The molecule has 2 saturated heterocycles. The van der Waals surface area contributed by atoms with Crippen molar-refractivity contribution in [3.05, 3.63) is 59.7 Å². The Morgan fingerprint density at radius 1 is 1.20 bits per heavy atom. The zero-order valence-electron chi connectivity index (χ0n) is 19.1. The van der Waals surface area contributed by atoms with Gasteiger partial charge in [0.15, 0.2) is 0 Å². The maximum Gasteiger partial charge on any atom is 0.418 e. The summed E-state index contributed by atoms with van der Waals surface area (Å²) < 4.78 is 51.7. The van der Waals surface area contributed by atoms with Crippen LogP contribution in [0.2, 0.25) is 0 Å². The number of nitrogens with one attached hydrogen (secondary N) is 1. The molecule has 2 aliphatic heterocycles. The van der Waals surface area contributed by atoms with Gasteiger partial charge in [-0.2, -0.15) is 13.2 Å². The molecule has 4 heterocycles. The van der Waals surface area contributed by atoms with Gasteiger partial charge in [0, 0.05) is 50.5 Å². The minimum atomic E-state index is -4.51. The van der Waals surface area contributed by atoms with Crippen molar-refractivity contribution in [2.24, 2.45) is 5.92 Å². The summed E-state index contributed by atoms with van der Waals surface area (Å²) in [5.74, 6) is 0.152. The minimum Gasteiger partial charge on any atom is -0.380 e. The fourth-order valence-electron chi connectivity index (χ4n) is 5.00. The lowest BCUT2D eigenvalue weighted by molar-refractivity contribution is -0.136. The number of benzene rings is 1. The van der Waals surface area contributed by atoms with Crippen molar-refractivity contribution in [1.29, 1.82) is 0 Å². The number of H-pyrrole nitrogens is 1. The molecule has 2 aliphatic rings. The predicted octanol–water partition coefficient (Wildman–Crippen LogP) is 3.78. The lowest BCUT2D eigenvalue weighted by Crippen LogP contribution is -2.34. The van der Waals surface area contributed by atoms with E-state index >= 15 is 0 Å². The molecule has 3 aromatic rings. The van der Waals surface area contributed by atoms with Gasteiger partial charge < -0.3 is 14.5 Å². The Labute approximate surface area is 200 Å². The first-order chi connectivity index (χ1) is 16.9. The summed E-state index contributed by atoms with van der Waals surface area (Å²) in [5, 5.41) is 0. The Balaban J connectivity index is 1.26. The average molecular weight is 489 g/mol. The highest BCUT2D eigenvalue weighted by molar-refractivity contribution is 5.83. The lowest BCUT2D eigenvalue weighted by Gasteiger charge is -2.22. The van der Waals surface area contributed by atoms with Crippen molar-refractivity contribution in [3.63, 3.8) is 0 Å². The summed E-state index contributed by atoms with van der Waals surface area (Å²) in [6.07, 6.45) is -0.0203. The molecule has 2 aromatic heterocycles. The van der Waals surface area contributed by atoms with Gasteiger partial charge in [-0.3, -0.25) is 14.7 Å². The van der Waals surface area contributed by atoms with Crippen LogP contribution in [0.25, 0.3) is 11.0 Å². The maximum atomic E-state index is 13.3. The fraction of sp³-hybridized carbons (Fsp3) is 0.480. The molecule has 186 valence electrons. The van der Waals surface area contributed by atoms with Gasteiger partial charge >= 0.3 is 6.18 Å².